The first-order chi connectivity index (χ1) is 7.72. The zero-order valence-corrected chi connectivity index (χ0v) is 9.61. The normalized spacial score (nSPS) is 37.7. The van der Waals surface area contributed by atoms with Crippen LogP contribution >= 0.6 is 0 Å². The Hall–Kier alpha value is -1.12. The molecule has 1 saturated heterocycles. The lowest BCUT2D eigenvalue weighted by atomic mass is 9.87. The fraction of sp³-hybridized carbons (Fsp3) is 0.692. The second-order valence-electron chi connectivity index (χ2n) is 5.39. The summed E-state index contributed by atoms with van der Waals surface area (Å²) in [5, 5.41) is 0. The van der Waals surface area contributed by atoms with Gasteiger partial charge in [0.2, 0.25) is 0 Å². The van der Waals surface area contributed by atoms with Crippen molar-refractivity contribution in [2.45, 2.75) is 38.6 Å². The van der Waals surface area contributed by atoms with Gasteiger partial charge in [0.05, 0.1) is 5.57 Å². The minimum absolute atomic E-state index is 0.0945. The number of hydrogen-bond acceptors (Lipinski definition) is 3. The van der Waals surface area contributed by atoms with Gasteiger partial charge in [-0.15, -0.1) is 0 Å². The summed E-state index contributed by atoms with van der Waals surface area (Å²) in [5.41, 5.74) is 1.52. The molecule has 0 aromatic heterocycles. The van der Waals surface area contributed by atoms with Crippen molar-refractivity contribution in [3.8, 4) is 0 Å². The van der Waals surface area contributed by atoms with E-state index in [4.69, 9.17) is 0 Å². The number of nitrogens with zero attached hydrogens (tertiary/aromatic N) is 1. The molecule has 0 radical (unpaired) electrons. The summed E-state index contributed by atoms with van der Waals surface area (Å²) in [6.45, 7) is 3.25. The van der Waals surface area contributed by atoms with Gasteiger partial charge < -0.3 is 4.90 Å². The fourth-order valence-electron chi connectivity index (χ4n) is 3.71. The maximum Gasteiger partial charge on any atom is 0.173 e. The van der Waals surface area contributed by atoms with Gasteiger partial charge in [0.25, 0.3) is 0 Å². The first-order valence-electron chi connectivity index (χ1n) is 6.21. The van der Waals surface area contributed by atoms with Gasteiger partial charge in [-0.1, -0.05) is 6.92 Å². The Morgan fingerprint density at radius 1 is 1.38 bits per heavy atom. The van der Waals surface area contributed by atoms with Gasteiger partial charge in [0, 0.05) is 24.2 Å². The summed E-state index contributed by atoms with van der Waals surface area (Å²) < 4.78 is 0. The number of carbonyl (C=O) groups excluding carboxylic acids is 2. The molecule has 2 fully saturated rings. The number of aldehydes is 1. The van der Waals surface area contributed by atoms with Crippen molar-refractivity contribution in [1.29, 1.82) is 0 Å². The van der Waals surface area contributed by atoms with Gasteiger partial charge in [0.1, 0.15) is 0 Å². The monoisotopic (exact) mass is 219 g/mol. The third-order valence-corrected chi connectivity index (χ3v) is 4.36. The average Bonchev–Trinajstić information content (AvgIpc) is 2.84. The van der Waals surface area contributed by atoms with Crippen LogP contribution in [-0.2, 0) is 9.59 Å². The minimum Gasteiger partial charge on any atom is -0.370 e. The molecule has 3 unspecified atom stereocenters. The Kier molecular flexibility index (Phi) is 2.16. The Bertz CT molecular complexity index is 385. The van der Waals surface area contributed by atoms with E-state index < -0.39 is 0 Å². The quantitative estimate of drug-likeness (QED) is 0.496. The van der Waals surface area contributed by atoms with Gasteiger partial charge >= 0.3 is 0 Å². The zero-order valence-electron chi connectivity index (χ0n) is 9.61. The smallest absolute Gasteiger partial charge is 0.173 e. The molecular weight excluding hydrogens is 202 g/mol. The van der Waals surface area contributed by atoms with E-state index in [1.54, 1.807) is 0 Å². The van der Waals surface area contributed by atoms with Crippen LogP contribution in [-0.4, -0.2) is 29.6 Å². The minimum atomic E-state index is 0.0945. The number of allylic oxidation sites excluding steroid dienone is 2. The van der Waals surface area contributed by atoms with Crippen molar-refractivity contribution in [3.05, 3.63) is 11.3 Å². The summed E-state index contributed by atoms with van der Waals surface area (Å²) >= 11 is 0. The van der Waals surface area contributed by atoms with E-state index in [-0.39, 0.29) is 11.7 Å². The molecule has 3 heteroatoms. The number of hydrogen-bond donors (Lipinski definition) is 0. The first kappa shape index (κ1) is 10.1. The van der Waals surface area contributed by atoms with E-state index in [0.717, 1.165) is 44.2 Å². The summed E-state index contributed by atoms with van der Waals surface area (Å²) in [5.74, 6) is 0.835. The lowest BCUT2D eigenvalue weighted by molar-refractivity contribution is -0.123. The predicted molar refractivity (Wildman–Crippen MR) is 59.7 cm³/mol. The summed E-state index contributed by atoms with van der Waals surface area (Å²) in [6.07, 6.45) is 4.88. The molecule has 0 N–H and O–H groups in total. The number of carbonyl (C=O) groups is 2. The SMILES string of the molecule is CC1CC2C(=O)C(C=O)=C3CCCN3C2C1. The molecule has 0 spiro atoms. The molecule has 3 nitrogen and oxygen atoms in total. The molecule has 2 heterocycles. The highest BCUT2D eigenvalue weighted by atomic mass is 16.1. The summed E-state index contributed by atoms with van der Waals surface area (Å²) in [4.78, 5) is 25.6. The Morgan fingerprint density at radius 3 is 2.94 bits per heavy atom. The topological polar surface area (TPSA) is 37.4 Å². The standard InChI is InChI=1S/C13H17NO2/c1-8-5-9-12(6-8)14-4-2-3-11(14)10(7-15)13(9)16/h7-9,12H,2-6H2,1H3. The molecule has 0 amide bonds. The first-order valence-corrected chi connectivity index (χ1v) is 6.21. The van der Waals surface area contributed by atoms with Crippen molar-refractivity contribution in [3.63, 3.8) is 0 Å². The van der Waals surface area contributed by atoms with Crippen molar-refractivity contribution in [1.82, 2.24) is 4.90 Å². The van der Waals surface area contributed by atoms with E-state index in [2.05, 4.69) is 11.8 Å². The largest absolute Gasteiger partial charge is 0.370 e. The molecule has 16 heavy (non-hydrogen) atoms. The number of rotatable bonds is 1. The third kappa shape index (κ3) is 1.20. The number of fused-ring (bicyclic) bond motifs is 3. The molecule has 3 rings (SSSR count). The van der Waals surface area contributed by atoms with Crippen LogP contribution < -0.4 is 0 Å². The van der Waals surface area contributed by atoms with Gasteiger partial charge in [-0.25, -0.2) is 0 Å². The molecular formula is C13H17NO2. The van der Waals surface area contributed by atoms with Crippen LogP contribution in [0.15, 0.2) is 11.3 Å². The van der Waals surface area contributed by atoms with Crippen molar-refractivity contribution in [2.24, 2.45) is 11.8 Å². The number of ketones is 1. The van der Waals surface area contributed by atoms with Crippen LogP contribution in [0.5, 0.6) is 0 Å². The molecule has 3 aliphatic rings. The van der Waals surface area contributed by atoms with Gasteiger partial charge in [-0.2, -0.15) is 0 Å². The summed E-state index contributed by atoms with van der Waals surface area (Å²) in [6, 6.07) is 0.392. The van der Waals surface area contributed by atoms with E-state index in [1.807, 2.05) is 0 Å². The van der Waals surface area contributed by atoms with Crippen molar-refractivity contribution >= 4 is 12.1 Å². The lowest BCUT2D eigenvalue weighted by Gasteiger charge is -2.36. The van der Waals surface area contributed by atoms with Gasteiger partial charge in [0.15, 0.2) is 12.1 Å². The molecule has 0 aromatic carbocycles. The highest BCUT2D eigenvalue weighted by molar-refractivity contribution is 6.14. The van der Waals surface area contributed by atoms with Crippen LogP contribution in [0.3, 0.4) is 0 Å². The Morgan fingerprint density at radius 2 is 2.19 bits per heavy atom. The molecule has 0 bridgehead atoms. The maximum absolute atomic E-state index is 12.2. The van der Waals surface area contributed by atoms with E-state index in [0.29, 0.717) is 17.5 Å². The second kappa shape index (κ2) is 3.44. The van der Waals surface area contributed by atoms with E-state index in [9.17, 15) is 9.59 Å². The van der Waals surface area contributed by atoms with E-state index >= 15 is 0 Å². The maximum atomic E-state index is 12.2. The van der Waals surface area contributed by atoms with Crippen LogP contribution in [0.25, 0.3) is 0 Å². The van der Waals surface area contributed by atoms with Crippen LogP contribution in [0.2, 0.25) is 0 Å². The van der Waals surface area contributed by atoms with E-state index in [1.165, 1.54) is 0 Å². The molecule has 1 aliphatic carbocycles. The van der Waals surface area contributed by atoms with Crippen molar-refractivity contribution < 1.29 is 9.59 Å². The molecule has 3 atom stereocenters. The Balaban J connectivity index is 2.05. The molecule has 1 saturated carbocycles. The third-order valence-electron chi connectivity index (χ3n) is 4.36. The molecule has 86 valence electrons. The van der Waals surface area contributed by atoms with Gasteiger partial charge in [-0.05, 0) is 31.6 Å². The van der Waals surface area contributed by atoms with Crippen LogP contribution in [0.4, 0.5) is 0 Å². The van der Waals surface area contributed by atoms with Crippen molar-refractivity contribution in [2.75, 3.05) is 6.54 Å². The zero-order chi connectivity index (χ0) is 11.3. The van der Waals surface area contributed by atoms with Gasteiger partial charge in [-0.3, -0.25) is 9.59 Å². The molecule has 2 aliphatic heterocycles. The lowest BCUT2D eigenvalue weighted by Crippen LogP contribution is -2.43. The number of Topliss-reactive ketones (excluding diaryl/α,β-unsaturated/α-hetero) is 1. The average molecular weight is 219 g/mol. The van der Waals surface area contributed by atoms with Crippen LogP contribution in [0.1, 0.15) is 32.6 Å². The second-order valence-corrected chi connectivity index (χ2v) is 5.39. The highest BCUT2D eigenvalue weighted by Crippen LogP contribution is 2.44. The van der Waals surface area contributed by atoms with Crippen LogP contribution in [0, 0.1) is 11.8 Å². The highest BCUT2D eigenvalue weighted by Gasteiger charge is 2.47. The predicted octanol–water partition coefficient (Wildman–Crippen LogP) is 1.53. The molecule has 0 aromatic rings. The fourth-order valence-corrected chi connectivity index (χ4v) is 3.71. The summed E-state index contributed by atoms with van der Waals surface area (Å²) in [7, 11) is 0. The Labute approximate surface area is 95.5 Å².